The zero-order valence-corrected chi connectivity index (χ0v) is 10.4. The van der Waals surface area contributed by atoms with Gasteiger partial charge in [-0.15, -0.1) is 0 Å². The van der Waals surface area contributed by atoms with Gasteiger partial charge in [-0.2, -0.15) is 5.10 Å². The third kappa shape index (κ3) is 3.13. The van der Waals surface area contributed by atoms with Gasteiger partial charge in [-0.3, -0.25) is 9.48 Å². The molecule has 6 heteroatoms. The highest BCUT2D eigenvalue weighted by atomic mass is 16.1. The first-order valence-corrected chi connectivity index (χ1v) is 5.71. The summed E-state index contributed by atoms with van der Waals surface area (Å²) in [5.74, 6) is 0.294. The van der Waals surface area contributed by atoms with Crippen LogP contribution in [0.1, 0.15) is 12.5 Å². The van der Waals surface area contributed by atoms with E-state index in [0.717, 1.165) is 5.56 Å². The molecule has 1 N–H and O–H groups in total. The molecule has 94 valence electrons. The van der Waals surface area contributed by atoms with Crippen molar-refractivity contribution in [3.8, 4) is 0 Å². The molecule has 0 fully saturated rings. The molecular formula is C12H15N5O. The van der Waals surface area contributed by atoms with Crippen LogP contribution in [0, 0.1) is 12.8 Å². The molecule has 2 aromatic rings. The number of anilines is 1. The maximum Gasteiger partial charge on any atom is 0.230 e. The Hall–Kier alpha value is -2.24. The van der Waals surface area contributed by atoms with Gasteiger partial charge < -0.3 is 5.32 Å². The number of rotatable bonds is 4. The van der Waals surface area contributed by atoms with Crippen molar-refractivity contribution >= 4 is 11.7 Å². The van der Waals surface area contributed by atoms with Crippen LogP contribution >= 0.6 is 0 Å². The molecule has 1 unspecified atom stereocenters. The Morgan fingerprint density at radius 2 is 2.39 bits per heavy atom. The van der Waals surface area contributed by atoms with E-state index in [4.69, 9.17) is 0 Å². The van der Waals surface area contributed by atoms with Gasteiger partial charge in [-0.1, -0.05) is 6.92 Å². The van der Waals surface area contributed by atoms with Crippen LogP contribution in [0.15, 0.2) is 31.0 Å². The molecule has 0 radical (unpaired) electrons. The zero-order valence-electron chi connectivity index (χ0n) is 10.4. The Morgan fingerprint density at radius 1 is 1.56 bits per heavy atom. The van der Waals surface area contributed by atoms with Gasteiger partial charge in [0.1, 0.15) is 18.5 Å². The average molecular weight is 245 g/mol. The first kappa shape index (κ1) is 12.2. The molecule has 6 nitrogen and oxygen atoms in total. The SMILES string of the molecule is Cc1ccnc(NC(=O)C(C)Cn2cncn2)c1. The highest BCUT2D eigenvalue weighted by Crippen LogP contribution is 2.08. The summed E-state index contributed by atoms with van der Waals surface area (Å²) < 4.78 is 1.63. The standard InChI is InChI=1S/C12H15N5O/c1-9-3-4-14-11(5-9)16-12(18)10(2)6-17-8-13-7-15-17/h3-5,7-8,10H,6H2,1-2H3,(H,14,16,18). The van der Waals surface area contributed by atoms with E-state index in [1.54, 1.807) is 17.2 Å². The van der Waals surface area contributed by atoms with Crippen molar-refractivity contribution in [1.29, 1.82) is 0 Å². The van der Waals surface area contributed by atoms with E-state index in [-0.39, 0.29) is 11.8 Å². The van der Waals surface area contributed by atoms with E-state index in [9.17, 15) is 4.79 Å². The predicted octanol–water partition coefficient (Wildman–Crippen LogP) is 1.26. The van der Waals surface area contributed by atoms with E-state index < -0.39 is 0 Å². The van der Waals surface area contributed by atoms with Crippen molar-refractivity contribution in [2.75, 3.05) is 5.32 Å². The fraction of sp³-hybridized carbons (Fsp3) is 0.333. The Labute approximate surface area is 105 Å². The van der Waals surface area contributed by atoms with E-state index >= 15 is 0 Å². The number of hydrogen-bond acceptors (Lipinski definition) is 4. The smallest absolute Gasteiger partial charge is 0.230 e. The van der Waals surface area contributed by atoms with Crippen LogP contribution in [0.3, 0.4) is 0 Å². The van der Waals surface area contributed by atoms with Gasteiger partial charge in [0.05, 0.1) is 12.5 Å². The van der Waals surface area contributed by atoms with Gasteiger partial charge in [0, 0.05) is 6.20 Å². The van der Waals surface area contributed by atoms with Crippen LogP contribution in [-0.2, 0) is 11.3 Å². The molecule has 0 spiro atoms. The molecule has 0 aliphatic heterocycles. The van der Waals surface area contributed by atoms with E-state index in [1.165, 1.54) is 6.33 Å². The van der Waals surface area contributed by atoms with Gasteiger partial charge in [-0.25, -0.2) is 9.97 Å². The van der Waals surface area contributed by atoms with Gasteiger partial charge in [0.15, 0.2) is 0 Å². The van der Waals surface area contributed by atoms with Crippen molar-refractivity contribution in [3.63, 3.8) is 0 Å². The molecule has 0 saturated carbocycles. The summed E-state index contributed by atoms with van der Waals surface area (Å²) in [6.45, 7) is 4.29. The summed E-state index contributed by atoms with van der Waals surface area (Å²) in [6.07, 6.45) is 4.72. The van der Waals surface area contributed by atoms with Crippen LogP contribution in [-0.4, -0.2) is 25.7 Å². The molecule has 0 aliphatic carbocycles. The molecular weight excluding hydrogens is 230 g/mol. The lowest BCUT2D eigenvalue weighted by Gasteiger charge is -2.11. The molecule has 0 aliphatic rings. The summed E-state index contributed by atoms with van der Waals surface area (Å²) in [5, 5.41) is 6.75. The monoisotopic (exact) mass is 245 g/mol. The third-order valence-electron chi connectivity index (χ3n) is 2.54. The minimum atomic E-state index is -0.200. The first-order valence-electron chi connectivity index (χ1n) is 5.71. The normalized spacial score (nSPS) is 12.1. The Balaban J connectivity index is 1.95. The zero-order chi connectivity index (χ0) is 13.0. The molecule has 0 saturated heterocycles. The highest BCUT2D eigenvalue weighted by Gasteiger charge is 2.14. The lowest BCUT2D eigenvalue weighted by molar-refractivity contribution is -0.119. The maximum absolute atomic E-state index is 11.9. The summed E-state index contributed by atoms with van der Waals surface area (Å²) in [5.41, 5.74) is 1.06. The van der Waals surface area contributed by atoms with Crippen molar-refractivity contribution in [1.82, 2.24) is 19.7 Å². The average Bonchev–Trinajstić information content (AvgIpc) is 2.81. The van der Waals surface area contributed by atoms with Crippen LogP contribution in [0.5, 0.6) is 0 Å². The number of aryl methyl sites for hydroxylation is 1. The Kier molecular flexibility index (Phi) is 3.66. The number of carbonyl (C=O) groups is 1. The van der Waals surface area contributed by atoms with Gasteiger partial charge in [0.25, 0.3) is 0 Å². The number of amides is 1. The summed E-state index contributed by atoms with van der Waals surface area (Å²) in [6, 6.07) is 3.72. The van der Waals surface area contributed by atoms with Crippen LogP contribution < -0.4 is 5.32 Å². The van der Waals surface area contributed by atoms with E-state index in [2.05, 4.69) is 20.4 Å². The highest BCUT2D eigenvalue weighted by molar-refractivity contribution is 5.91. The molecule has 0 bridgehead atoms. The number of aromatic nitrogens is 4. The molecule has 2 rings (SSSR count). The second kappa shape index (κ2) is 5.39. The van der Waals surface area contributed by atoms with Crippen LogP contribution in [0.4, 0.5) is 5.82 Å². The Morgan fingerprint density at radius 3 is 3.06 bits per heavy atom. The third-order valence-corrected chi connectivity index (χ3v) is 2.54. The van der Waals surface area contributed by atoms with Gasteiger partial charge in [0.2, 0.25) is 5.91 Å². The molecule has 18 heavy (non-hydrogen) atoms. The number of pyridine rings is 1. The number of hydrogen-bond donors (Lipinski definition) is 1. The van der Waals surface area contributed by atoms with Crippen molar-refractivity contribution in [2.24, 2.45) is 5.92 Å². The molecule has 2 heterocycles. The van der Waals surface area contributed by atoms with Crippen LogP contribution in [0.2, 0.25) is 0 Å². The minimum Gasteiger partial charge on any atom is -0.310 e. The summed E-state index contributed by atoms with van der Waals surface area (Å²) in [4.78, 5) is 19.9. The second-order valence-corrected chi connectivity index (χ2v) is 4.23. The molecule has 2 aromatic heterocycles. The second-order valence-electron chi connectivity index (χ2n) is 4.23. The van der Waals surface area contributed by atoms with Crippen molar-refractivity contribution in [2.45, 2.75) is 20.4 Å². The quantitative estimate of drug-likeness (QED) is 0.880. The lowest BCUT2D eigenvalue weighted by atomic mass is 10.1. The van der Waals surface area contributed by atoms with E-state index in [1.807, 2.05) is 26.0 Å². The summed E-state index contributed by atoms with van der Waals surface area (Å²) >= 11 is 0. The van der Waals surface area contributed by atoms with Crippen molar-refractivity contribution in [3.05, 3.63) is 36.5 Å². The molecule has 0 aromatic carbocycles. The van der Waals surface area contributed by atoms with Crippen LogP contribution in [0.25, 0.3) is 0 Å². The number of nitrogens with one attached hydrogen (secondary N) is 1. The fourth-order valence-corrected chi connectivity index (χ4v) is 1.54. The van der Waals surface area contributed by atoms with Gasteiger partial charge >= 0.3 is 0 Å². The minimum absolute atomic E-state index is 0.0800. The van der Waals surface area contributed by atoms with E-state index in [0.29, 0.717) is 12.4 Å². The van der Waals surface area contributed by atoms with Gasteiger partial charge in [-0.05, 0) is 24.6 Å². The topological polar surface area (TPSA) is 72.7 Å². The summed E-state index contributed by atoms with van der Waals surface area (Å²) in [7, 11) is 0. The maximum atomic E-state index is 11.9. The first-order chi connectivity index (χ1) is 8.65. The molecule has 1 amide bonds. The van der Waals surface area contributed by atoms with Crippen molar-refractivity contribution < 1.29 is 4.79 Å². The fourth-order valence-electron chi connectivity index (χ4n) is 1.54. The Bertz CT molecular complexity index is 523. The molecule has 1 atom stereocenters. The predicted molar refractivity (Wildman–Crippen MR) is 66.8 cm³/mol. The number of nitrogens with zero attached hydrogens (tertiary/aromatic N) is 4. The largest absolute Gasteiger partial charge is 0.310 e. The number of carbonyl (C=O) groups excluding carboxylic acids is 1. The lowest BCUT2D eigenvalue weighted by Crippen LogP contribution is -2.25.